The number of hydrogen-bond acceptors (Lipinski definition) is 3. The number of nitrogens with zero attached hydrogens (tertiary/aromatic N) is 1. The SMILES string of the molecule is C/C=C/CN(CC=O)C(=O)OC. The molecule has 0 rings (SSSR count). The number of aldehydes is 1. The molecule has 0 bridgehead atoms. The Labute approximate surface area is 71.8 Å². The molecule has 0 aromatic carbocycles. The van der Waals surface area contributed by atoms with Crippen LogP contribution in [0.4, 0.5) is 4.79 Å². The number of amides is 1. The van der Waals surface area contributed by atoms with E-state index in [1.165, 1.54) is 12.0 Å². The summed E-state index contributed by atoms with van der Waals surface area (Å²) in [5, 5.41) is 0. The van der Waals surface area contributed by atoms with Crippen molar-refractivity contribution in [3.05, 3.63) is 12.2 Å². The van der Waals surface area contributed by atoms with Gasteiger partial charge in [0.1, 0.15) is 6.29 Å². The van der Waals surface area contributed by atoms with Gasteiger partial charge in [0.2, 0.25) is 0 Å². The maximum absolute atomic E-state index is 10.9. The summed E-state index contributed by atoms with van der Waals surface area (Å²) in [4.78, 5) is 22.3. The van der Waals surface area contributed by atoms with Crippen molar-refractivity contribution in [1.82, 2.24) is 4.90 Å². The van der Waals surface area contributed by atoms with Gasteiger partial charge in [-0.05, 0) is 6.92 Å². The summed E-state index contributed by atoms with van der Waals surface area (Å²) in [5.74, 6) is 0. The number of carbonyl (C=O) groups excluding carboxylic acids is 2. The fourth-order valence-corrected chi connectivity index (χ4v) is 0.675. The molecule has 0 radical (unpaired) electrons. The van der Waals surface area contributed by atoms with Gasteiger partial charge in [0, 0.05) is 6.54 Å². The van der Waals surface area contributed by atoms with Crippen LogP contribution in [0.25, 0.3) is 0 Å². The van der Waals surface area contributed by atoms with Crippen molar-refractivity contribution in [2.75, 3.05) is 20.2 Å². The van der Waals surface area contributed by atoms with Gasteiger partial charge in [-0.1, -0.05) is 12.2 Å². The van der Waals surface area contributed by atoms with Crippen molar-refractivity contribution >= 4 is 12.4 Å². The van der Waals surface area contributed by atoms with E-state index < -0.39 is 6.09 Å². The lowest BCUT2D eigenvalue weighted by Gasteiger charge is -2.15. The summed E-state index contributed by atoms with van der Waals surface area (Å²) in [6.45, 7) is 2.31. The third-order valence-electron chi connectivity index (χ3n) is 1.29. The van der Waals surface area contributed by atoms with E-state index in [1.807, 2.05) is 6.92 Å². The Morgan fingerprint density at radius 2 is 2.17 bits per heavy atom. The first-order valence-corrected chi connectivity index (χ1v) is 3.64. The maximum Gasteiger partial charge on any atom is 0.410 e. The van der Waals surface area contributed by atoms with E-state index in [2.05, 4.69) is 4.74 Å². The highest BCUT2D eigenvalue weighted by molar-refractivity contribution is 5.71. The van der Waals surface area contributed by atoms with Crippen molar-refractivity contribution in [3.8, 4) is 0 Å². The minimum Gasteiger partial charge on any atom is -0.453 e. The zero-order valence-electron chi connectivity index (χ0n) is 7.32. The highest BCUT2D eigenvalue weighted by Gasteiger charge is 2.09. The van der Waals surface area contributed by atoms with Gasteiger partial charge in [0.05, 0.1) is 13.7 Å². The number of methoxy groups -OCH3 is 1. The van der Waals surface area contributed by atoms with Gasteiger partial charge in [-0.25, -0.2) is 4.79 Å². The molecule has 0 N–H and O–H groups in total. The van der Waals surface area contributed by atoms with E-state index in [1.54, 1.807) is 12.2 Å². The summed E-state index contributed by atoms with van der Waals surface area (Å²) < 4.78 is 4.46. The van der Waals surface area contributed by atoms with Crippen LogP contribution in [0.5, 0.6) is 0 Å². The largest absolute Gasteiger partial charge is 0.453 e. The van der Waals surface area contributed by atoms with Gasteiger partial charge in [-0.15, -0.1) is 0 Å². The number of ether oxygens (including phenoxy) is 1. The lowest BCUT2D eigenvalue weighted by Crippen LogP contribution is -2.32. The van der Waals surface area contributed by atoms with Crippen LogP contribution in [0.15, 0.2) is 12.2 Å². The highest BCUT2D eigenvalue weighted by atomic mass is 16.5. The Hall–Kier alpha value is -1.32. The first-order valence-electron chi connectivity index (χ1n) is 3.64. The van der Waals surface area contributed by atoms with Crippen LogP contribution in [0, 0.1) is 0 Å². The quantitative estimate of drug-likeness (QED) is 0.465. The zero-order chi connectivity index (χ0) is 9.40. The Kier molecular flexibility index (Phi) is 5.69. The van der Waals surface area contributed by atoms with Crippen molar-refractivity contribution in [3.63, 3.8) is 0 Å². The maximum atomic E-state index is 10.9. The highest BCUT2D eigenvalue weighted by Crippen LogP contribution is 1.91. The fraction of sp³-hybridized carbons (Fsp3) is 0.500. The van der Waals surface area contributed by atoms with Gasteiger partial charge in [-0.3, -0.25) is 4.90 Å². The summed E-state index contributed by atoms with van der Waals surface area (Å²) in [6, 6.07) is 0. The lowest BCUT2D eigenvalue weighted by molar-refractivity contribution is -0.108. The van der Waals surface area contributed by atoms with E-state index in [0.717, 1.165) is 0 Å². The molecule has 0 aliphatic rings. The molecule has 0 aliphatic carbocycles. The van der Waals surface area contributed by atoms with Crippen LogP contribution >= 0.6 is 0 Å². The van der Waals surface area contributed by atoms with Crippen LogP contribution in [-0.4, -0.2) is 37.5 Å². The standard InChI is InChI=1S/C8H13NO3/c1-3-4-5-9(6-7-10)8(11)12-2/h3-4,7H,5-6H2,1-2H3/b4-3+. The molecule has 12 heavy (non-hydrogen) atoms. The predicted molar refractivity (Wildman–Crippen MR) is 44.9 cm³/mol. The first-order chi connectivity index (χ1) is 5.76. The Bertz CT molecular complexity index is 177. The molecule has 0 fully saturated rings. The molecule has 0 spiro atoms. The van der Waals surface area contributed by atoms with Crippen LogP contribution in [0.2, 0.25) is 0 Å². The molecule has 0 aliphatic heterocycles. The zero-order valence-corrected chi connectivity index (χ0v) is 7.32. The van der Waals surface area contributed by atoms with Gasteiger partial charge >= 0.3 is 6.09 Å². The second-order valence-corrected chi connectivity index (χ2v) is 2.11. The number of allylic oxidation sites excluding steroid dienone is 1. The van der Waals surface area contributed by atoms with Gasteiger partial charge in [0.25, 0.3) is 0 Å². The Morgan fingerprint density at radius 1 is 1.50 bits per heavy atom. The topological polar surface area (TPSA) is 46.6 Å². The van der Waals surface area contributed by atoms with E-state index in [0.29, 0.717) is 12.8 Å². The molecule has 0 aromatic rings. The second-order valence-electron chi connectivity index (χ2n) is 2.11. The smallest absolute Gasteiger partial charge is 0.410 e. The second kappa shape index (κ2) is 6.39. The third-order valence-corrected chi connectivity index (χ3v) is 1.29. The van der Waals surface area contributed by atoms with Gasteiger partial charge < -0.3 is 9.53 Å². The molecule has 4 nitrogen and oxygen atoms in total. The average Bonchev–Trinajstić information content (AvgIpc) is 2.11. The van der Waals surface area contributed by atoms with E-state index in [-0.39, 0.29) is 6.54 Å². The van der Waals surface area contributed by atoms with Crippen LogP contribution in [0.1, 0.15) is 6.92 Å². The molecule has 68 valence electrons. The molecule has 0 unspecified atom stereocenters. The van der Waals surface area contributed by atoms with Crippen molar-refractivity contribution in [2.45, 2.75) is 6.92 Å². The van der Waals surface area contributed by atoms with Crippen molar-refractivity contribution < 1.29 is 14.3 Å². The third kappa shape index (κ3) is 3.75. The van der Waals surface area contributed by atoms with Gasteiger partial charge in [0.15, 0.2) is 0 Å². The van der Waals surface area contributed by atoms with E-state index in [9.17, 15) is 9.59 Å². The van der Waals surface area contributed by atoms with E-state index in [4.69, 9.17) is 0 Å². The fourth-order valence-electron chi connectivity index (χ4n) is 0.675. The van der Waals surface area contributed by atoms with Crippen LogP contribution in [0.3, 0.4) is 0 Å². The number of rotatable bonds is 4. The first kappa shape index (κ1) is 10.7. The number of carbonyl (C=O) groups is 2. The molecular weight excluding hydrogens is 158 g/mol. The molecule has 0 atom stereocenters. The molecule has 4 heteroatoms. The predicted octanol–water partition coefficient (Wildman–Crippen LogP) is 0.830. The summed E-state index contributed by atoms with van der Waals surface area (Å²) in [6.07, 6.45) is 3.77. The number of hydrogen-bond donors (Lipinski definition) is 0. The molecule has 0 saturated heterocycles. The molecular formula is C8H13NO3. The summed E-state index contributed by atoms with van der Waals surface area (Å²) >= 11 is 0. The van der Waals surface area contributed by atoms with Gasteiger partial charge in [-0.2, -0.15) is 0 Å². The Morgan fingerprint density at radius 3 is 2.58 bits per heavy atom. The Balaban J connectivity index is 4.01. The van der Waals surface area contributed by atoms with Crippen molar-refractivity contribution in [1.29, 1.82) is 0 Å². The normalized spacial score (nSPS) is 9.83. The average molecular weight is 171 g/mol. The lowest BCUT2D eigenvalue weighted by atomic mass is 10.4. The summed E-state index contributed by atoms with van der Waals surface area (Å²) in [5.41, 5.74) is 0. The monoisotopic (exact) mass is 171 g/mol. The molecule has 0 heterocycles. The molecule has 0 aromatic heterocycles. The molecule has 0 saturated carbocycles. The van der Waals surface area contributed by atoms with Crippen LogP contribution < -0.4 is 0 Å². The van der Waals surface area contributed by atoms with Crippen LogP contribution in [-0.2, 0) is 9.53 Å². The summed E-state index contributed by atoms with van der Waals surface area (Å²) in [7, 11) is 1.29. The minimum absolute atomic E-state index is 0.0665. The minimum atomic E-state index is -0.486. The van der Waals surface area contributed by atoms with Crippen molar-refractivity contribution in [2.24, 2.45) is 0 Å². The van der Waals surface area contributed by atoms with E-state index >= 15 is 0 Å². The molecule has 1 amide bonds.